The Morgan fingerprint density at radius 2 is 1.78 bits per heavy atom. The van der Waals surface area contributed by atoms with Gasteiger partial charge in [-0.1, -0.05) is 12.8 Å². The van der Waals surface area contributed by atoms with Crippen LogP contribution in [0.5, 0.6) is 0 Å². The van der Waals surface area contributed by atoms with Crippen molar-refractivity contribution in [3.63, 3.8) is 0 Å². The number of hydrogen-bond acceptors (Lipinski definition) is 4. The molecule has 0 aliphatic heterocycles. The van der Waals surface area contributed by atoms with Crippen LogP contribution >= 0.6 is 0 Å². The molecule has 0 spiro atoms. The lowest BCUT2D eigenvalue weighted by Crippen LogP contribution is -2.44. The largest absolute Gasteiger partial charge is 0.389 e. The van der Waals surface area contributed by atoms with E-state index in [9.17, 15) is 18.0 Å². The summed E-state index contributed by atoms with van der Waals surface area (Å²) in [5.74, 6) is -0.939. The summed E-state index contributed by atoms with van der Waals surface area (Å²) in [4.78, 5) is 20.4. The van der Waals surface area contributed by atoms with Crippen molar-refractivity contribution in [1.29, 1.82) is 0 Å². The lowest BCUT2D eigenvalue weighted by molar-refractivity contribution is -0.148. The van der Waals surface area contributed by atoms with E-state index in [2.05, 4.69) is 15.3 Å². The molecule has 128 valence electrons. The predicted molar refractivity (Wildman–Crippen MR) is 79.8 cm³/mol. The molecule has 1 aromatic heterocycles. The molecule has 3 N–H and O–H groups in total. The smallest absolute Gasteiger partial charge is 0.368 e. The maximum Gasteiger partial charge on any atom is 0.389 e. The number of hydrogen-bond donors (Lipinski definition) is 2. The van der Waals surface area contributed by atoms with E-state index in [4.69, 9.17) is 5.73 Å². The first-order chi connectivity index (χ1) is 10.7. The number of nitrogens with two attached hydrogens (primary N) is 1. The van der Waals surface area contributed by atoms with Gasteiger partial charge in [0.15, 0.2) is 0 Å². The van der Waals surface area contributed by atoms with Gasteiger partial charge in [-0.3, -0.25) is 4.79 Å². The zero-order valence-corrected chi connectivity index (χ0v) is 13.2. The number of nitrogen functional groups attached to an aromatic ring is 1. The topological polar surface area (TPSA) is 80.9 Å². The van der Waals surface area contributed by atoms with Crippen LogP contribution in [0.4, 0.5) is 19.1 Å². The minimum Gasteiger partial charge on any atom is -0.368 e. The number of nitrogens with zero attached hydrogens (tertiary/aromatic N) is 2. The maximum atomic E-state index is 12.7. The highest BCUT2D eigenvalue weighted by Gasteiger charge is 2.37. The number of anilines is 1. The van der Waals surface area contributed by atoms with Crippen LogP contribution in [0.2, 0.25) is 0 Å². The van der Waals surface area contributed by atoms with Gasteiger partial charge in [0.05, 0.1) is 17.0 Å². The zero-order chi connectivity index (χ0) is 17.2. The Hall–Kier alpha value is -1.86. The number of carbonyl (C=O) groups is 1. The molecule has 1 aliphatic rings. The second kappa shape index (κ2) is 6.72. The number of carbonyl (C=O) groups excluding carboxylic acids is 1. The molecule has 1 saturated carbocycles. The standard InChI is InChI=1S/C15H21F3N4O/c1-8-12(9(2)21-14(19)20-8)13(23)22-11-6-4-3-5-10(11)7-15(16,17)18/h10-11H,3-7H2,1-2H3,(H,22,23)(H2,19,20,21)/t10-,11-/m0/s1. The second-order valence-electron chi connectivity index (χ2n) is 6.07. The zero-order valence-electron chi connectivity index (χ0n) is 13.2. The fraction of sp³-hybridized carbons (Fsp3) is 0.667. The highest BCUT2D eigenvalue weighted by atomic mass is 19.4. The van der Waals surface area contributed by atoms with E-state index < -0.39 is 30.5 Å². The third-order valence-electron chi connectivity index (χ3n) is 4.23. The molecule has 0 bridgehead atoms. The first kappa shape index (κ1) is 17.5. The van der Waals surface area contributed by atoms with Crippen LogP contribution in [0.15, 0.2) is 0 Å². The number of amides is 1. The van der Waals surface area contributed by atoms with Gasteiger partial charge in [-0.2, -0.15) is 13.2 Å². The highest BCUT2D eigenvalue weighted by Crippen LogP contribution is 2.34. The first-order valence-corrected chi connectivity index (χ1v) is 7.65. The predicted octanol–water partition coefficient (Wildman–Crippen LogP) is 2.92. The molecule has 23 heavy (non-hydrogen) atoms. The molecule has 2 rings (SSSR count). The van der Waals surface area contributed by atoms with E-state index in [0.29, 0.717) is 24.2 Å². The average Bonchev–Trinajstić information content (AvgIpc) is 2.38. The minimum atomic E-state index is -4.22. The molecule has 0 unspecified atom stereocenters. The Morgan fingerprint density at radius 1 is 1.22 bits per heavy atom. The Kier molecular flexibility index (Phi) is 5.11. The number of rotatable bonds is 3. The lowest BCUT2D eigenvalue weighted by atomic mass is 9.82. The number of aromatic nitrogens is 2. The van der Waals surface area contributed by atoms with Crippen molar-refractivity contribution >= 4 is 11.9 Å². The molecule has 0 aromatic carbocycles. The molecule has 5 nitrogen and oxygen atoms in total. The van der Waals surface area contributed by atoms with Crippen LogP contribution in [0.1, 0.15) is 53.8 Å². The molecule has 1 fully saturated rings. The van der Waals surface area contributed by atoms with E-state index in [-0.39, 0.29) is 11.5 Å². The number of halogens is 3. The first-order valence-electron chi connectivity index (χ1n) is 7.65. The van der Waals surface area contributed by atoms with Crippen LogP contribution in [0.25, 0.3) is 0 Å². The van der Waals surface area contributed by atoms with Crippen LogP contribution in [-0.2, 0) is 0 Å². The van der Waals surface area contributed by atoms with Crippen molar-refractivity contribution in [3.8, 4) is 0 Å². The monoisotopic (exact) mass is 330 g/mol. The summed E-state index contributed by atoms with van der Waals surface area (Å²) in [6.45, 7) is 3.27. The van der Waals surface area contributed by atoms with Crippen LogP contribution in [-0.4, -0.2) is 28.1 Å². The summed E-state index contributed by atoms with van der Waals surface area (Å²) in [5.41, 5.74) is 6.67. The highest BCUT2D eigenvalue weighted by molar-refractivity contribution is 5.96. The Labute approximate surface area is 132 Å². The van der Waals surface area contributed by atoms with Gasteiger partial charge in [-0.15, -0.1) is 0 Å². The number of alkyl halides is 3. The number of aryl methyl sites for hydroxylation is 2. The maximum absolute atomic E-state index is 12.7. The van der Waals surface area contributed by atoms with Crippen molar-refractivity contribution in [2.24, 2.45) is 5.92 Å². The van der Waals surface area contributed by atoms with E-state index in [1.807, 2.05) is 0 Å². The summed E-state index contributed by atoms with van der Waals surface area (Å²) < 4.78 is 38.1. The van der Waals surface area contributed by atoms with Crippen molar-refractivity contribution in [2.45, 2.75) is 58.2 Å². The summed E-state index contributed by atoms with van der Waals surface area (Å²) in [6.07, 6.45) is -2.48. The van der Waals surface area contributed by atoms with Crippen molar-refractivity contribution < 1.29 is 18.0 Å². The van der Waals surface area contributed by atoms with E-state index in [1.165, 1.54) is 0 Å². The van der Waals surface area contributed by atoms with Gasteiger partial charge in [0.1, 0.15) is 0 Å². The minimum absolute atomic E-state index is 0.0733. The Bertz CT molecular complexity index is 566. The van der Waals surface area contributed by atoms with Crippen molar-refractivity contribution in [1.82, 2.24) is 15.3 Å². The van der Waals surface area contributed by atoms with E-state index in [0.717, 1.165) is 12.8 Å². The SMILES string of the molecule is Cc1nc(N)nc(C)c1C(=O)N[C@H]1CCCC[C@H]1CC(F)(F)F. The van der Waals surface area contributed by atoms with Gasteiger partial charge in [0.2, 0.25) is 5.95 Å². The van der Waals surface area contributed by atoms with Gasteiger partial charge >= 0.3 is 6.18 Å². The van der Waals surface area contributed by atoms with Gasteiger partial charge < -0.3 is 11.1 Å². The van der Waals surface area contributed by atoms with Crippen LogP contribution in [0.3, 0.4) is 0 Å². The lowest BCUT2D eigenvalue weighted by Gasteiger charge is -2.33. The summed E-state index contributed by atoms with van der Waals surface area (Å²) >= 11 is 0. The molecule has 0 radical (unpaired) electrons. The normalized spacial score (nSPS) is 22.0. The molecular formula is C15H21F3N4O. The third kappa shape index (κ3) is 4.56. The quantitative estimate of drug-likeness (QED) is 0.893. The summed E-state index contributed by atoms with van der Waals surface area (Å²) in [7, 11) is 0. The summed E-state index contributed by atoms with van der Waals surface area (Å²) in [5, 5.41) is 2.75. The van der Waals surface area contributed by atoms with Crippen molar-refractivity contribution in [2.75, 3.05) is 5.73 Å². The van der Waals surface area contributed by atoms with E-state index in [1.54, 1.807) is 13.8 Å². The van der Waals surface area contributed by atoms with Crippen LogP contribution in [0, 0.1) is 19.8 Å². The average molecular weight is 330 g/mol. The van der Waals surface area contributed by atoms with Gasteiger partial charge in [0, 0.05) is 12.5 Å². The second-order valence-corrected chi connectivity index (χ2v) is 6.07. The molecule has 1 aromatic rings. The number of nitrogens with one attached hydrogen (secondary N) is 1. The molecule has 2 atom stereocenters. The Morgan fingerprint density at radius 3 is 2.35 bits per heavy atom. The van der Waals surface area contributed by atoms with Gasteiger partial charge in [0.25, 0.3) is 5.91 Å². The molecular weight excluding hydrogens is 309 g/mol. The van der Waals surface area contributed by atoms with Crippen molar-refractivity contribution in [3.05, 3.63) is 17.0 Å². The fourth-order valence-corrected chi connectivity index (χ4v) is 3.25. The summed E-state index contributed by atoms with van der Waals surface area (Å²) in [6, 6.07) is -0.478. The fourth-order valence-electron chi connectivity index (χ4n) is 3.25. The molecule has 1 aliphatic carbocycles. The third-order valence-corrected chi connectivity index (χ3v) is 4.23. The van der Waals surface area contributed by atoms with E-state index >= 15 is 0 Å². The molecule has 0 saturated heterocycles. The Balaban J connectivity index is 2.14. The van der Waals surface area contributed by atoms with Gasteiger partial charge in [-0.05, 0) is 32.6 Å². The molecule has 1 heterocycles. The van der Waals surface area contributed by atoms with Crippen LogP contribution < -0.4 is 11.1 Å². The van der Waals surface area contributed by atoms with Gasteiger partial charge in [-0.25, -0.2) is 9.97 Å². The molecule has 1 amide bonds. The molecule has 8 heteroatoms.